The van der Waals surface area contributed by atoms with Gasteiger partial charge in [0.05, 0.1) is 31.8 Å². The molecule has 28 heavy (non-hydrogen) atoms. The van der Waals surface area contributed by atoms with Gasteiger partial charge in [0.15, 0.2) is 11.5 Å². The van der Waals surface area contributed by atoms with E-state index in [9.17, 15) is 13.2 Å². The molecule has 2 aromatic rings. The summed E-state index contributed by atoms with van der Waals surface area (Å²) < 4.78 is 43.1. The Kier molecular flexibility index (Phi) is 7.24. The zero-order chi connectivity index (χ0) is 20.7. The van der Waals surface area contributed by atoms with Crippen LogP contribution >= 0.6 is 0 Å². The fourth-order valence-corrected chi connectivity index (χ4v) is 3.61. The molecular weight excluding hydrogens is 384 g/mol. The van der Waals surface area contributed by atoms with Crippen LogP contribution in [-0.2, 0) is 14.8 Å². The van der Waals surface area contributed by atoms with Crippen molar-refractivity contribution in [2.45, 2.75) is 24.8 Å². The summed E-state index contributed by atoms with van der Waals surface area (Å²) in [6, 6.07) is 9.99. The Morgan fingerprint density at radius 1 is 1.04 bits per heavy atom. The molecular formula is C19H24N2O6S. The molecule has 1 atom stereocenters. The quantitative estimate of drug-likeness (QED) is 0.661. The molecule has 0 aliphatic carbocycles. The molecule has 0 aliphatic rings. The Bertz CT molecular complexity index is 913. The summed E-state index contributed by atoms with van der Waals surface area (Å²) >= 11 is 0. The molecule has 8 nitrogen and oxygen atoms in total. The minimum absolute atomic E-state index is 0.0362. The van der Waals surface area contributed by atoms with Gasteiger partial charge in [0.1, 0.15) is 5.75 Å². The van der Waals surface area contributed by atoms with Crippen LogP contribution in [0.1, 0.15) is 13.8 Å². The number of benzene rings is 2. The first-order valence-corrected chi connectivity index (χ1v) is 10.1. The fraction of sp³-hybridized carbons (Fsp3) is 0.316. The number of hydrogen-bond donors (Lipinski definition) is 2. The second-order valence-corrected chi connectivity index (χ2v) is 7.52. The van der Waals surface area contributed by atoms with Crippen LogP contribution in [0, 0.1) is 0 Å². The number of amides is 1. The van der Waals surface area contributed by atoms with Gasteiger partial charge in [0.2, 0.25) is 15.9 Å². The van der Waals surface area contributed by atoms with Gasteiger partial charge in [0, 0.05) is 11.8 Å². The van der Waals surface area contributed by atoms with Gasteiger partial charge in [-0.15, -0.1) is 0 Å². The highest BCUT2D eigenvalue weighted by Gasteiger charge is 2.23. The van der Waals surface area contributed by atoms with Crippen LogP contribution < -0.4 is 24.2 Å². The van der Waals surface area contributed by atoms with Crippen molar-refractivity contribution in [3.8, 4) is 17.2 Å². The summed E-state index contributed by atoms with van der Waals surface area (Å²) in [6.07, 6.45) is 0. The van der Waals surface area contributed by atoms with E-state index in [4.69, 9.17) is 14.2 Å². The molecule has 0 saturated carbocycles. The van der Waals surface area contributed by atoms with E-state index >= 15 is 0 Å². The van der Waals surface area contributed by atoms with Gasteiger partial charge in [-0.2, -0.15) is 4.72 Å². The number of carbonyl (C=O) groups is 1. The van der Waals surface area contributed by atoms with Crippen LogP contribution in [0.25, 0.3) is 0 Å². The van der Waals surface area contributed by atoms with E-state index in [0.29, 0.717) is 23.8 Å². The molecule has 0 heterocycles. The van der Waals surface area contributed by atoms with E-state index in [1.54, 1.807) is 24.3 Å². The lowest BCUT2D eigenvalue weighted by molar-refractivity contribution is -0.117. The van der Waals surface area contributed by atoms with E-state index in [-0.39, 0.29) is 10.6 Å². The SMILES string of the molecule is CCOc1ccc(NC(=O)[C@H](C)NS(=O)(=O)c2ccc(OC)c(OC)c2)cc1. The van der Waals surface area contributed by atoms with E-state index in [1.807, 2.05) is 6.92 Å². The van der Waals surface area contributed by atoms with Crippen molar-refractivity contribution in [3.05, 3.63) is 42.5 Å². The molecule has 9 heteroatoms. The van der Waals surface area contributed by atoms with Crippen molar-refractivity contribution in [2.75, 3.05) is 26.1 Å². The summed E-state index contributed by atoms with van der Waals surface area (Å²) in [6.45, 7) is 3.88. The largest absolute Gasteiger partial charge is 0.494 e. The van der Waals surface area contributed by atoms with E-state index in [2.05, 4.69) is 10.0 Å². The van der Waals surface area contributed by atoms with E-state index < -0.39 is 22.0 Å². The highest BCUT2D eigenvalue weighted by atomic mass is 32.2. The number of methoxy groups -OCH3 is 2. The normalized spacial score (nSPS) is 12.1. The molecule has 0 saturated heterocycles. The predicted molar refractivity (Wildman–Crippen MR) is 106 cm³/mol. The summed E-state index contributed by atoms with van der Waals surface area (Å²) in [5.74, 6) is 0.871. The highest BCUT2D eigenvalue weighted by molar-refractivity contribution is 7.89. The van der Waals surface area contributed by atoms with Gasteiger partial charge in [-0.1, -0.05) is 0 Å². The third-order valence-corrected chi connectivity index (χ3v) is 5.36. The van der Waals surface area contributed by atoms with Crippen molar-refractivity contribution in [1.82, 2.24) is 4.72 Å². The zero-order valence-electron chi connectivity index (χ0n) is 16.2. The monoisotopic (exact) mass is 408 g/mol. The van der Waals surface area contributed by atoms with Crippen LogP contribution in [0.5, 0.6) is 17.2 Å². The molecule has 2 aromatic carbocycles. The highest BCUT2D eigenvalue weighted by Crippen LogP contribution is 2.29. The average molecular weight is 408 g/mol. The smallest absolute Gasteiger partial charge is 0.242 e. The third kappa shape index (κ3) is 5.37. The summed E-state index contributed by atoms with van der Waals surface area (Å²) in [5.41, 5.74) is 0.533. The number of hydrogen-bond acceptors (Lipinski definition) is 6. The van der Waals surface area contributed by atoms with Crippen LogP contribution in [-0.4, -0.2) is 41.2 Å². The van der Waals surface area contributed by atoms with Gasteiger partial charge in [-0.25, -0.2) is 8.42 Å². The zero-order valence-corrected chi connectivity index (χ0v) is 17.0. The first-order chi connectivity index (χ1) is 13.3. The average Bonchev–Trinajstić information content (AvgIpc) is 2.68. The first-order valence-electron chi connectivity index (χ1n) is 8.58. The van der Waals surface area contributed by atoms with Crippen LogP contribution in [0.2, 0.25) is 0 Å². The molecule has 0 aliphatic heterocycles. The van der Waals surface area contributed by atoms with Crippen LogP contribution in [0.4, 0.5) is 5.69 Å². The van der Waals surface area contributed by atoms with Gasteiger partial charge >= 0.3 is 0 Å². The topological polar surface area (TPSA) is 103 Å². The Labute approximate surface area is 164 Å². The third-order valence-electron chi connectivity index (χ3n) is 3.82. The Morgan fingerprint density at radius 2 is 1.68 bits per heavy atom. The van der Waals surface area contributed by atoms with Gasteiger partial charge < -0.3 is 19.5 Å². The lowest BCUT2D eigenvalue weighted by atomic mass is 10.2. The predicted octanol–water partition coefficient (Wildman–Crippen LogP) is 2.41. The minimum atomic E-state index is -3.93. The number of ether oxygens (including phenoxy) is 3. The van der Waals surface area contributed by atoms with Gasteiger partial charge in [0.25, 0.3) is 0 Å². The lowest BCUT2D eigenvalue weighted by Gasteiger charge is -2.16. The molecule has 0 unspecified atom stereocenters. The number of nitrogens with one attached hydrogen (secondary N) is 2. The maximum atomic E-state index is 12.6. The summed E-state index contributed by atoms with van der Waals surface area (Å²) in [7, 11) is -1.07. The Balaban J connectivity index is 2.07. The molecule has 0 radical (unpaired) electrons. The lowest BCUT2D eigenvalue weighted by Crippen LogP contribution is -2.41. The van der Waals surface area contributed by atoms with Crippen LogP contribution in [0.15, 0.2) is 47.4 Å². The molecule has 0 aromatic heterocycles. The second-order valence-electron chi connectivity index (χ2n) is 5.81. The fourth-order valence-electron chi connectivity index (χ4n) is 2.39. The minimum Gasteiger partial charge on any atom is -0.494 e. The number of anilines is 1. The maximum Gasteiger partial charge on any atom is 0.242 e. The standard InChI is InChI=1S/C19H24N2O6S/c1-5-27-15-8-6-14(7-9-15)20-19(22)13(2)21-28(23,24)16-10-11-17(25-3)18(12-16)26-4/h6-13,21H,5H2,1-4H3,(H,20,22)/t13-/m0/s1. The number of carbonyl (C=O) groups excluding carboxylic acids is 1. The Hall–Kier alpha value is -2.78. The first kappa shape index (κ1) is 21.5. The summed E-state index contributed by atoms with van der Waals surface area (Å²) in [4.78, 5) is 12.3. The molecule has 0 bridgehead atoms. The second kappa shape index (κ2) is 9.43. The number of rotatable bonds is 9. The van der Waals surface area contributed by atoms with E-state index in [1.165, 1.54) is 39.3 Å². The van der Waals surface area contributed by atoms with Gasteiger partial charge in [-0.05, 0) is 50.2 Å². The summed E-state index contributed by atoms with van der Waals surface area (Å²) in [5, 5.41) is 2.66. The Morgan fingerprint density at radius 3 is 2.25 bits per heavy atom. The van der Waals surface area contributed by atoms with Crippen molar-refractivity contribution in [3.63, 3.8) is 0 Å². The molecule has 1 amide bonds. The molecule has 2 N–H and O–H groups in total. The van der Waals surface area contributed by atoms with Crippen molar-refractivity contribution < 1.29 is 27.4 Å². The molecule has 0 spiro atoms. The van der Waals surface area contributed by atoms with Crippen LogP contribution in [0.3, 0.4) is 0 Å². The number of sulfonamides is 1. The van der Waals surface area contributed by atoms with Crippen molar-refractivity contribution in [1.29, 1.82) is 0 Å². The van der Waals surface area contributed by atoms with Gasteiger partial charge in [-0.3, -0.25) is 4.79 Å². The van der Waals surface area contributed by atoms with E-state index in [0.717, 1.165) is 0 Å². The maximum absolute atomic E-state index is 12.6. The van der Waals surface area contributed by atoms with Crippen molar-refractivity contribution in [2.24, 2.45) is 0 Å². The molecule has 152 valence electrons. The molecule has 2 rings (SSSR count). The van der Waals surface area contributed by atoms with Crippen molar-refractivity contribution >= 4 is 21.6 Å². The molecule has 0 fully saturated rings.